The van der Waals surface area contributed by atoms with Crippen molar-refractivity contribution in [2.45, 2.75) is 6.42 Å². The summed E-state index contributed by atoms with van der Waals surface area (Å²) >= 11 is 0. The molecule has 0 bridgehead atoms. The third-order valence-corrected chi connectivity index (χ3v) is 2.37. The zero-order chi connectivity index (χ0) is 15.5. The van der Waals surface area contributed by atoms with Gasteiger partial charge in [0, 0.05) is 0 Å². The number of hydrogen-bond acceptors (Lipinski definition) is 2. The molecule has 0 aliphatic carbocycles. The fraction of sp³-hybridized carbons (Fsp3) is 0.0588. The maximum atomic E-state index is 9.43. The molecule has 4 heteroatoms. The lowest BCUT2D eigenvalue weighted by molar-refractivity contribution is -0.147. The topological polar surface area (TPSA) is 74.6 Å². The van der Waals surface area contributed by atoms with E-state index in [4.69, 9.17) is 10.2 Å². The van der Waals surface area contributed by atoms with E-state index in [1.807, 2.05) is 36.4 Å². The van der Waals surface area contributed by atoms with Crippen LogP contribution < -0.4 is 0 Å². The molecule has 0 radical (unpaired) electrons. The van der Waals surface area contributed by atoms with E-state index in [0.717, 1.165) is 0 Å². The van der Waals surface area contributed by atoms with Gasteiger partial charge in [0.1, 0.15) is 6.42 Å². The Kier molecular flexibility index (Phi) is 7.00. The second-order valence-corrected chi connectivity index (χ2v) is 4.12. The highest BCUT2D eigenvalue weighted by molar-refractivity contribution is 5.88. The summed E-state index contributed by atoms with van der Waals surface area (Å²) < 4.78 is 0. The largest absolute Gasteiger partial charge is 0.481 e. The Balaban J connectivity index is 0.000000270. The Hall–Kier alpha value is -2.88. The molecule has 0 amide bonds. The molecule has 4 nitrogen and oxygen atoms in total. The third kappa shape index (κ3) is 8.00. The van der Waals surface area contributed by atoms with E-state index in [1.54, 1.807) is 0 Å². The van der Waals surface area contributed by atoms with Crippen LogP contribution in [0.5, 0.6) is 0 Å². The standard InChI is InChI=1S/C14H12.C3H4O4/c1-3-7-13(8-4-1)11-12-14-9-5-2-6-10-14;4-2(5)1-3(6)7/h1-12H;1H2,(H,4,5)(H,6,7)/b12-11+;. The zero-order valence-corrected chi connectivity index (χ0v) is 11.3. The first-order valence-electron chi connectivity index (χ1n) is 6.29. The second kappa shape index (κ2) is 9.09. The average Bonchev–Trinajstić information content (AvgIpc) is 2.46. The van der Waals surface area contributed by atoms with Crippen molar-refractivity contribution in [3.63, 3.8) is 0 Å². The van der Waals surface area contributed by atoms with E-state index in [-0.39, 0.29) is 0 Å². The van der Waals surface area contributed by atoms with E-state index < -0.39 is 18.4 Å². The summed E-state index contributed by atoms with van der Waals surface area (Å²) in [5.41, 5.74) is 2.47. The molecule has 2 aromatic carbocycles. The second-order valence-electron chi connectivity index (χ2n) is 4.12. The maximum Gasteiger partial charge on any atom is 0.314 e. The molecule has 0 aromatic heterocycles. The van der Waals surface area contributed by atoms with Gasteiger partial charge in [-0.2, -0.15) is 0 Å². The molecule has 0 aliphatic rings. The molecule has 0 unspecified atom stereocenters. The van der Waals surface area contributed by atoms with E-state index in [9.17, 15) is 9.59 Å². The van der Waals surface area contributed by atoms with Crippen LogP contribution in [0.3, 0.4) is 0 Å². The highest BCUT2D eigenvalue weighted by Gasteiger charge is 2.01. The van der Waals surface area contributed by atoms with Crippen LogP contribution in [0.1, 0.15) is 17.5 Å². The minimum atomic E-state index is -1.31. The Bertz CT molecular complexity index is 535. The molecule has 2 rings (SSSR count). The molecule has 2 aromatic rings. The number of hydrogen-bond donors (Lipinski definition) is 2. The van der Waals surface area contributed by atoms with Gasteiger partial charge in [-0.15, -0.1) is 0 Å². The first kappa shape index (κ1) is 16.2. The van der Waals surface area contributed by atoms with Crippen molar-refractivity contribution < 1.29 is 19.8 Å². The third-order valence-electron chi connectivity index (χ3n) is 2.37. The summed E-state index contributed by atoms with van der Waals surface area (Å²) in [6, 6.07) is 20.6. The van der Waals surface area contributed by atoms with Crippen LogP contribution in [-0.2, 0) is 9.59 Å². The van der Waals surface area contributed by atoms with Gasteiger partial charge in [0.15, 0.2) is 0 Å². The highest BCUT2D eigenvalue weighted by atomic mass is 16.4. The van der Waals surface area contributed by atoms with Crippen LogP contribution in [0.2, 0.25) is 0 Å². The Morgan fingerprint density at radius 1 is 0.714 bits per heavy atom. The van der Waals surface area contributed by atoms with Crippen LogP contribution in [0.15, 0.2) is 60.7 Å². The van der Waals surface area contributed by atoms with Crippen LogP contribution in [0.25, 0.3) is 12.2 Å². The van der Waals surface area contributed by atoms with E-state index in [0.29, 0.717) is 0 Å². The number of carboxylic acid groups (broad SMARTS) is 2. The van der Waals surface area contributed by atoms with Crippen molar-refractivity contribution >= 4 is 24.1 Å². The molecule has 0 atom stereocenters. The molecule has 0 aliphatic heterocycles. The van der Waals surface area contributed by atoms with E-state index >= 15 is 0 Å². The lowest BCUT2D eigenvalue weighted by Gasteiger charge is -1.92. The normalized spacial score (nSPS) is 9.71. The van der Waals surface area contributed by atoms with Gasteiger partial charge >= 0.3 is 11.9 Å². The molecule has 0 spiro atoms. The number of carbonyl (C=O) groups is 2. The molecule has 0 saturated carbocycles. The summed E-state index contributed by atoms with van der Waals surface area (Å²) in [6.45, 7) is 0. The average molecular weight is 284 g/mol. The van der Waals surface area contributed by atoms with E-state index in [2.05, 4.69) is 36.4 Å². The number of rotatable bonds is 4. The van der Waals surface area contributed by atoms with Crippen LogP contribution >= 0.6 is 0 Å². The minimum Gasteiger partial charge on any atom is -0.481 e. The fourth-order valence-electron chi connectivity index (χ4n) is 1.45. The van der Waals surface area contributed by atoms with Crippen molar-refractivity contribution in [2.24, 2.45) is 0 Å². The monoisotopic (exact) mass is 284 g/mol. The smallest absolute Gasteiger partial charge is 0.314 e. The lowest BCUT2D eigenvalue weighted by atomic mass is 10.1. The molecule has 108 valence electrons. The van der Waals surface area contributed by atoms with Gasteiger partial charge in [-0.3, -0.25) is 9.59 Å². The van der Waals surface area contributed by atoms with Crippen LogP contribution in [0, 0.1) is 0 Å². The Morgan fingerprint density at radius 2 is 1.05 bits per heavy atom. The SMILES string of the molecule is C(=C\c1ccccc1)/c1ccccc1.O=C(O)CC(=O)O. The summed E-state index contributed by atoms with van der Waals surface area (Å²) in [4.78, 5) is 18.9. The maximum absolute atomic E-state index is 9.43. The van der Waals surface area contributed by atoms with Crippen molar-refractivity contribution in [3.05, 3.63) is 71.8 Å². The predicted molar refractivity (Wildman–Crippen MR) is 81.7 cm³/mol. The zero-order valence-electron chi connectivity index (χ0n) is 11.3. The first-order valence-corrected chi connectivity index (χ1v) is 6.29. The van der Waals surface area contributed by atoms with Crippen LogP contribution in [-0.4, -0.2) is 22.2 Å². The van der Waals surface area contributed by atoms with Gasteiger partial charge in [0.2, 0.25) is 0 Å². The number of carboxylic acids is 2. The summed E-state index contributed by atoms with van der Waals surface area (Å²) in [7, 11) is 0. The summed E-state index contributed by atoms with van der Waals surface area (Å²) in [5, 5.41) is 15.4. The summed E-state index contributed by atoms with van der Waals surface area (Å²) in [5.74, 6) is -2.62. The molecule has 0 heterocycles. The molecule has 0 saturated heterocycles. The number of benzene rings is 2. The molecule has 2 N–H and O–H groups in total. The van der Waals surface area contributed by atoms with Crippen molar-refractivity contribution in [3.8, 4) is 0 Å². The fourth-order valence-corrected chi connectivity index (χ4v) is 1.45. The Labute approximate surface area is 123 Å². The van der Waals surface area contributed by atoms with Gasteiger partial charge in [-0.1, -0.05) is 72.8 Å². The van der Waals surface area contributed by atoms with Crippen molar-refractivity contribution in [2.75, 3.05) is 0 Å². The molecular formula is C17H16O4. The van der Waals surface area contributed by atoms with E-state index in [1.165, 1.54) is 11.1 Å². The molecular weight excluding hydrogens is 268 g/mol. The molecule has 21 heavy (non-hydrogen) atoms. The quantitative estimate of drug-likeness (QED) is 0.666. The van der Waals surface area contributed by atoms with Gasteiger partial charge in [-0.05, 0) is 11.1 Å². The van der Waals surface area contributed by atoms with Crippen molar-refractivity contribution in [1.82, 2.24) is 0 Å². The van der Waals surface area contributed by atoms with Gasteiger partial charge in [0.05, 0.1) is 0 Å². The van der Waals surface area contributed by atoms with Crippen LogP contribution in [0.4, 0.5) is 0 Å². The summed E-state index contributed by atoms with van der Waals surface area (Å²) in [6.07, 6.45) is 3.44. The highest BCUT2D eigenvalue weighted by Crippen LogP contribution is 2.06. The van der Waals surface area contributed by atoms with Gasteiger partial charge in [0.25, 0.3) is 0 Å². The number of aliphatic carboxylic acids is 2. The predicted octanol–water partition coefficient (Wildman–Crippen LogP) is 3.40. The Morgan fingerprint density at radius 3 is 1.29 bits per heavy atom. The minimum absolute atomic E-state index is 0.806. The van der Waals surface area contributed by atoms with Crippen molar-refractivity contribution in [1.29, 1.82) is 0 Å². The molecule has 0 fully saturated rings. The van der Waals surface area contributed by atoms with Gasteiger partial charge < -0.3 is 10.2 Å². The lowest BCUT2D eigenvalue weighted by Crippen LogP contribution is -2.03. The van der Waals surface area contributed by atoms with Gasteiger partial charge in [-0.25, -0.2) is 0 Å². The first-order chi connectivity index (χ1) is 10.1.